The number of ether oxygens (including phenoxy) is 1. The van der Waals surface area contributed by atoms with Crippen molar-refractivity contribution >= 4 is 23.7 Å². The molecule has 1 aliphatic heterocycles. The summed E-state index contributed by atoms with van der Waals surface area (Å²) >= 11 is 0. The molecule has 0 radical (unpaired) electrons. The largest absolute Gasteiger partial charge is 0.499 e. The number of fused-ring (bicyclic) bond motifs is 1. The van der Waals surface area contributed by atoms with Crippen LogP contribution in [0.2, 0.25) is 0 Å². The van der Waals surface area contributed by atoms with Crippen LogP contribution in [0.15, 0.2) is 10.5 Å². The number of nitrogens with zero attached hydrogens (tertiary/aromatic N) is 1. The highest BCUT2D eigenvalue weighted by Crippen LogP contribution is 2.38. The Balaban J connectivity index is 2.16. The zero-order chi connectivity index (χ0) is 16.3. The van der Waals surface area contributed by atoms with Crippen LogP contribution in [0.3, 0.4) is 0 Å². The number of hydrogen-bond donors (Lipinski definition) is 0. The highest BCUT2D eigenvalue weighted by Gasteiger charge is 2.53. The van der Waals surface area contributed by atoms with E-state index in [1.807, 2.05) is 47.6 Å². The van der Waals surface area contributed by atoms with E-state index in [2.05, 4.69) is 4.98 Å². The van der Waals surface area contributed by atoms with Crippen molar-refractivity contribution in [1.82, 2.24) is 4.98 Å². The lowest BCUT2D eigenvalue weighted by Crippen LogP contribution is -2.41. The smallest absolute Gasteiger partial charge is 0.497 e. The van der Waals surface area contributed by atoms with Crippen molar-refractivity contribution in [3.63, 3.8) is 0 Å². The molecular weight excluding hydrogens is 281 g/mol. The standard InChI is InChI=1S/C16H22BNO4/c1-9-13(17-21-15(3,4)16(5,6)22-17)12(19-7)8-11-14(9)20-10(2)18-11/h8H,1-7H3. The van der Waals surface area contributed by atoms with Gasteiger partial charge in [0.15, 0.2) is 11.5 Å². The van der Waals surface area contributed by atoms with Crippen molar-refractivity contribution in [2.75, 3.05) is 7.11 Å². The van der Waals surface area contributed by atoms with Gasteiger partial charge in [0.05, 0.1) is 18.3 Å². The number of oxazole rings is 1. The van der Waals surface area contributed by atoms with E-state index in [-0.39, 0.29) is 0 Å². The van der Waals surface area contributed by atoms with Gasteiger partial charge in [0.25, 0.3) is 0 Å². The number of hydrogen-bond acceptors (Lipinski definition) is 5. The fourth-order valence-electron chi connectivity index (χ4n) is 2.74. The first-order valence-corrected chi connectivity index (χ1v) is 7.46. The van der Waals surface area contributed by atoms with Crippen LogP contribution >= 0.6 is 0 Å². The first-order valence-electron chi connectivity index (χ1n) is 7.46. The molecule has 1 saturated heterocycles. The van der Waals surface area contributed by atoms with Crippen LogP contribution in [-0.4, -0.2) is 30.4 Å². The van der Waals surface area contributed by atoms with Gasteiger partial charge in [0.2, 0.25) is 0 Å². The van der Waals surface area contributed by atoms with Gasteiger partial charge in [-0.1, -0.05) is 0 Å². The summed E-state index contributed by atoms with van der Waals surface area (Å²) in [5.74, 6) is 1.34. The topological polar surface area (TPSA) is 53.7 Å². The molecule has 0 N–H and O–H groups in total. The first kappa shape index (κ1) is 15.4. The molecule has 118 valence electrons. The number of benzene rings is 1. The lowest BCUT2D eigenvalue weighted by atomic mass is 9.75. The molecule has 2 heterocycles. The zero-order valence-electron chi connectivity index (χ0n) is 14.2. The van der Waals surface area contributed by atoms with Crippen LogP contribution in [0.5, 0.6) is 5.75 Å². The first-order chi connectivity index (χ1) is 10.2. The molecule has 0 bridgehead atoms. The summed E-state index contributed by atoms with van der Waals surface area (Å²) in [5, 5.41) is 0. The Morgan fingerprint density at radius 1 is 1.09 bits per heavy atom. The molecule has 0 atom stereocenters. The van der Waals surface area contributed by atoms with Gasteiger partial charge in [0.1, 0.15) is 11.3 Å². The summed E-state index contributed by atoms with van der Waals surface area (Å²) in [6, 6.07) is 1.87. The quantitative estimate of drug-likeness (QED) is 0.799. The van der Waals surface area contributed by atoms with Crippen LogP contribution in [0.4, 0.5) is 0 Å². The molecule has 1 aromatic carbocycles. The average molecular weight is 303 g/mol. The molecule has 22 heavy (non-hydrogen) atoms. The van der Waals surface area contributed by atoms with E-state index in [0.29, 0.717) is 11.6 Å². The van der Waals surface area contributed by atoms with Gasteiger partial charge >= 0.3 is 7.12 Å². The second-order valence-corrected chi connectivity index (χ2v) is 6.79. The number of aromatic nitrogens is 1. The fourth-order valence-corrected chi connectivity index (χ4v) is 2.74. The molecule has 3 rings (SSSR count). The van der Waals surface area contributed by atoms with Gasteiger partial charge in [-0.25, -0.2) is 4.98 Å². The normalized spacial score (nSPS) is 19.9. The molecule has 0 unspecified atom stereocenters. The second kappa shape index (κ2) is 4.73. The maximum Gasteiger partial charge on any atom is 0.499 e. The van der Waals surface area contributed by atoms with Crippen molar-refractivity contribution in [2.24, 2.45) is 0 Å². The third-order valence-electron chi connectivity index (χ3n) is 4.75. The van der Waals surface area contributed by atoms with Crippen LogP contribution in [-0.2, 0) is 9.31 Å². The van der Waals surface area contributed by atoms with E-state index < -0.39 is 18.3 Å². The molecular formula is C16H22BNO4. The Hall–Kier alpha value is -1.53. The van der Waals surface area contributed by atoms with Gasteiger partial charge in [-0.2, -0.15) is 0 Å². The number of rotatable bonds is 2. The molecule has 0 saturated carbocycles. The monoisotopic (exact) mass is 303 g/mol. The highest BCUT2D eigenvalue weighted by atomic mass is 16.7. The highest BCUT2D eigenvalue weighted by molar-refractivity contribution is 6.64. The predicted molar refractivity (Wildman–Crippen MR) is 85.8 cm³/mol. The molecule has 6 heteroatoms. The van der Waals surface area contributed by atoms with Crippen molar-refractivity contribution in [3.8, 4) is 5.75 Å². The minimum atomic E-state index is -0.491. The minimum absolute atomic E-state index is 0.401. The molecule has 1 aliphatic rings. The van der Waals surface area contributed by atoms with Gasteiger partial charge in [0, 0.05) is 18.5 Å². The van der Waals surface area contributed by atoms with E-state index in [1.54, 1.807) is 7.11 Å². The third kappa shape index (κ3) is 2.13. The Kier molecular flexibility index (Phi) is 3.31. The van der Waals surface area contributed by atoms with E-state index in [9.17, 15) is 0 Å². The minimum Gasteiger partial charge on any atom is -0.497 e. The van der Waals surface area contributed by atoms with Crippen molar-refractivity contribution in [3.05, 3.63) is 17.5 Å². The van der Waals surface area contributed by atoms with Gasteiger partial charge in [-0.15, -0.1) is 0 Å². The van der Waals surface area contributed by atoms with Gasteiger partial charge in [-0.3, -0.25) is 0 Å². The molecule has 2 aromatic rings. The molecule has 1 fully saturated rings. The average Bonchev–Trinajstić information content (AvgIpc) is 2.86. The predicted octanol–water partition coefficient (Wildman–Crippen LogP) is 2.75. The molecule has 0 spiro atoms. The Morgan fingerprint density at radius 2 is 1.68 bits per heavy atom. The Bertz CT molecular complexity index is 719. The molecule has 0 amide bonds. The maximum absolute atomic E-state index is 6.16. The lowest BCUT2D eigenvalue weighted by molar-refractivity contribution is 0.00578. The van der Waals surface area contributed by atoms with E-state index in [0.717, 1.165) is 22.1 Å². The molecule has 5 nitrogen and oxygen atoms in total. The Labute approximate surface area is 131 Å². The maximum atomic E-state index is 6.16. The van der Waals surface area contributed by atoms with Crippen LogP contribution in [0.25, 0.3) is 11.1 Å². The fraction of sp³-hybridized carbons (Fsp3) is 0.562. The summed E-state index contributed by atoms with van der Waals surface area (Å²) in [6.45, 7) is 12.0. The number of methoxy groups -OCH3 is 1. The Morgan fingerprint density at radius 3 is 2.23 bits per heavy atom. The summed E-state index contributed by atoms with van der Waals surface area (Å²) in [7, 11) is 1.15. The summed E-state index contributed by atoms with van der Waals surface area (Å²) < 4.78 is 23.6. The summed E-state index contributed by atoms with van der Waals surface area (Å²) in [5.41, 5.74) is 2.54. The second-order valence-electron chi connectivity index (χ2n) is 6.79. The van der Waals surface area contributed by atoms with E-state index in [1.165, 1.54) is 0 Å². The van der Waals surface area contributed by atoms with Crippen LogP contribution < -0.4 is 10.2 Å². The summed E-state index contributed by atoms with van der Waals surface area (Å²) in [6.07, 6.45) is 0. The van der Waals surface area contributed by atoms with Crippen LogP contribution in [0.1, 0.15) is 39.1 Å². The van der Waals surface area contributed by atoms with Crippen LogP contribution in [0, 0.1) is 13.8 Å². The van der Waals surface area contributed by atoms with Gasteiger partial charge in [-0.05, 0) is 40.2 Å². The zero-order valence-corrected chi connectivity index (χ0v) is 14.2. The summed E-state index contributed by atoms with van der Waals surface area (Å²) in [4.78, 5) is 4.38. The third-order valence-corrected chi connectivity index (χ3v) is 4.75. The van der Waals surface area contributed by atoms with Crippen molar-refractivity contribution < 1.29 is 18.5 Å². The molecule has 1 aromatic heterocycles. The lowest BCUT2D eigenvalue weighted by Gasteiger charge is -2.32. The van der Waals surface area contributed by atoms with Gasteiger partial charge < -0.3 is 18.5 Å². The molecule has 0 aliphatic carbocycles. The van der Waals surface area contributed by atoms with E-state index in [4.69, 9.17) is 18.5 Å². The number of aryl methyl sites for hydroxylation is 2. The van der Waals surface area contributed by atoms with Crippen molar-refractivity contribution in [2.45, 2.75) is 52.7 Å². The van der Waals surface area contributed by atoms with E-state index >= 15 is 0 Å². The van der Waals surface area contributed by atoms with Crippen molar-refractivity contribution in [1.29, 1.82) is 0 Å². The SMILES string of the molecule is COc1cc2nc(C)oc2c(C)c1B1OC(C)(C)C(C)(C)O1.